The van der Waals surface area contributed by atoms with E-state index in [-0.39, 0.29) is 6.54 Å². The topological polar surface area (TPSA) is 69.6 Å². The van der Waals surface area contributed by atoms with E-state index in [1.807, 2.05) is 19.0 Å². The van der Waals surface area contributed by atoms with Gasteiger partial charge in [0.15, 0.2) is 0 Å². The molecule has 0 atom stereocenters. The van der Waals surface area contributed by atoms with Gasteiger partial charge in [0.2, 0.25) is 0 Å². The number of aliphatic carboxylic acids is 1. The van der Waals surface area contributed by atoms with Crippen LogP contribution < -0.4 is 9.80 Å². The maximum Gasteiger partial charge on any atom is 0.323 e. The number of anilines is 2. The van der Waals surface area contributed by atoms with Crippen molar-refractivity contribution in [3.05, 3.63) is 12.4 Å². The minimum atomic E-state index is -0.887. The molecule has 0 aliphatic carbocycles. The molecule has 0 unspecified atom stereocenters. The van der Waals surface area contributed by atoms with Crippen LogP contribution in [0.4, 0.5) is 11.6 Å². The summed E-state index contributed by atoms with van der Waals surface area (Å²) < 4.78 is 0. The Morgan fingerprint density at radius 2 is 1.93 bits per heavy atom. The molecule has 0 amide bonds. The first-order valence-electron chi connectivity index (χ1n) is 4.43. The van der Waals surface area contributed by atoms with Crippen LogP contribution in [0.15, 0.2) is 12.4 Å². The van der Waals surface area contributed by atoms with Gasteiger partial charge in [-0.25, -0.2) is 9.97 Å². The minimum absolute atomic E-state index is 0.0795. The number of likely N-dealkylation sites (N-methyl/N-ethyl adjacent to an activating group) is 1. The van der Waals surface area contributed by atoms with Gasteiger partial charge in [0.05, 0.1) is 0 Å². The third-order valence-electron chi connectivity index (χ3n) is 1.86. The number of carboxylic acids is 1. The number of aromatic nitrogens is 2. The van der Waals surface area contributed by atoms with Gasteiger partial charge in [0, 0.05) is 27.2 Å². The van der Waals surface area contributed by atoms with Gasteiger partial charge in [0.25, 0.3) is 0 Å². The zero-order valence-electron chi connectivity index (χ0n) is 9.01. The van der Waals surface area contributed by atoms with Crippen molar-refractivity contribution in [1.82, 2.24) is 9.97 Å². The van der Waals surface area contributed by atoms with Gasteiger partial charge in [-0.05, 0) is 0 Å². The van der Waals surface area contributed by atoms with E-state index < -0.39 is 5.97 Å². The lowest BCUT2D eigenvalue weighted by Gasteiger charge is -2.17. The third-order valence-corrected chi connectivity index (χ3v) is 1.86. The summed E-state index contributed by atoms with van der Waals surface area (Å²) in [5.74, 6) is 0.454. The van der Waals surface area contributed by atoms with Crippen LogP contribution in [0.5, 0.6) is 0 Å². The van der Waals surface area contributed by atoms with Gasteiger partial charge in [-0.3, -0.25) is 4.79 Å². The van der Waals surface area contributed by atoms with Crippen molar-refractivity contribution in [2.75, 3.05) is 37.5 Å². The molecule has 0 saturated carbocycles. The molecule has 6 nitrogen and oxygen atoms in total. The molecule has 1 aromatic heterocycles. The van der Waals surface area contributed by atoms with E-state index in [0.717, 1.165) is 5.82 Å². The highest BCUT2D eigenvalue weighted by molar-refractivity contribution is 5.73. The van der Waals surface area contributed by atoms with Gasteiger partial charge in [-0.2, -0.15) is 0 Å². The van der Waals surface area contributed by atoms with Gasteiger partial charge in [0.1, 0.15) is 24.5 Å². The molecule has 0 aromatic carbocycles. The molecule has 15 heavy (non-hydrogen) atoms. The first-order chi connectivity index (χ1) is 7.00. The Morgan fingerprint density at radius 3 is 2.47 bits per heavy atom. The first kappa shape index (κ1) is 11.2. The summed E-state index contributed by atoms with van der Waals surface area (Å²) in [4.78, 5) is 21.9. The molecule has 0 aliphatic rings. The van der Waals surface area contributed by atoms with Gasteiger partial charge in [-0.1, -0.05) is 0 Å². The number of hydrogen-bond acceptors (Lipinski definition) is 5. The van der Waals surface area contributed by atoms with Crippen LogP contribution in [0.25, 0.3) is 0 Å². The molecule has 0 bridgehead atoms. The van der Waals surface area contributed by atoms with Crippen molar-refractivity contribution in [2.24, 2.45) is 0 Å². The highest BCUT2D eigenvalue weighted by Gasteiger charge is 2.08. The molecular formula is C9H14N4O2. The quantitative estimate of drug-likeness (QED) is 0.758. The summed E-state index contributed by atoms with van der Waals surface area (Å²) in [6.07, 6.45) is 1.42. The molecule has 0 radical (unpaired) electrons. The Morgan fingerprint density at radius 1 is 1.33 bits per heavy atom. The van der Waals surface area contributed by atoms with E-state index in [9.17, 15) is 4.79 Å². The molecule has 6 heteroatoms. The second kappa shape index (κ2) is 4.59. The molecule has 0 aliphatic heterocycles. The zero-order chi connectivity index (χ0) is 11.4. The van der Waals surface area contributed by atoms with Crippen LogP contribution in [0.2, 0.25) is 0 Å². The lowest BCUT2D eigenvalue weighted by Crippen LogP contribution is -2.26. The maximum atomic E-state index is 10.5. The fourth-order valence-electron chi connectivity index (χ4n) is 1.07. The van der Waals surface area contributed by atoms with Crippen LogP contribution >= 0.6 is 0 Å². The van der Waals surface area contributed by atoms with Gasteiger partial charge in [-0.15, -0.1) is 0 Å². The van der Waals surface area contributed by atoms with E-state index in [1.165, 1.54) is 6.33 Å². The van der Waals surface area contributed by atoms with E-state index in [1.54, 1.807) is 18.0 Å². The second-order valence-electron chi connectivity index (χ2n) is 3.38. The Hall–Kier alpha value is -1.85. The van der Waals surface area contributed by atoms with E-state index in [4.69, 9.17) is 5.11 Å². The number of nitrogens with zero attached hydrogens (tertiary/aromatic N) is 4. The molecular weight excluding hydrogens is 196 g/mol. The summed E-state index contributed by atoms with van der Waals surface area (Å²) in [7, 11) is 5.41. The van der Waals surface area contributed by atoms with Crippen LogP contribution in [0, 0.1) is 0 Å². The molecule has 0 fully saturated rings. The summed E-state index contributed by atoms with van der Waals surface area (Å²) in [5, 5.41) is 8.63. The van der Waals surface area contributed by atoms with Crippen LogP contribution in [-0.2, 0) is 4.79 Å². The standard InChI is InChI=1S/C9H14N4O2/c1-12(2)7-4-8(11-6-10-7)13(3)5-9(14)15/h4,6H,5H2,1-3H3,(H,14,15). The predicted octanol–water partition coefficient (Wildman–Crippen LogP) is 0.0634. The van der Waals surface area contributed by atoms with Crippen molar-refractivity contribution in [3.8, 4) is 0 Å². The van der Waals surface area contributed by atoms with Crippen molar-refractivity contribution in [2.45, 2.75) is 0 Å². The Labute approximate surface area is 88.2 Å². The number of rotatable bonds is 4. The SMILES string of the molecule is CN(C)c1cc(N(C)CC(=O)O)ncn1. The van der Waals surface area contributed by atoms with E-state index in [2.05, 4.69) is 9.97 Å². The minimum Gasteiger partial charge on any atom is -0.480 e. The molecule has 1 heterocycles. The molecule has 1 aromatic rings. The highest BCUT2D eigenvalue weighted by atomic mass is 16.4. The monoisotopic (exact) mass is 210 g/mol. The highest BCUT2D eigenvalue weighted by Crippen LogP contribution is 2.13. The lowest BCUT2D eigenvalue weighted by molar-refractivity contribution is -0.135. The van der Waals surface area contributed by atoms with E-state index >= 15 is 0 Å². The second-order valence-corrected chi connectivity index (χ2v) is 3.38. The zero-order valence-corrected chi connectivity index (χ0v) is 9.01. The van der Waals surface area contributed by atoms with E-state index in [0.29, 0.717) is 5.82 Å². The Balaban J connectivity index is 2.85. The number of carboxylic acid groups (broad SMARTS) is 1. The molecule has 82 valence electrons. The maximum absolute atomic E-state index is 10.5. The average Bonchev–Trinajstić information content (AvgIpc) is 2.17. The lowest BCUT2D eigenvalue weighted by atomic mass is 10.4. The Kier molecular flexibility index (Phi) is 3.43. The van der Waals surface area contributed by atoms with Crippen molar-refractivity contribution >= 4 is 17.6 Å². The predicted molar refractivity (Wildman–Crippen MR) is 57.3 cm³/mol. The first-order valence-corrected chi connectivity index (χ1v) is 4.43. The fourth-order valence-corrected chi connectivity index (χ4v) is 1.07. The largest absolute Gasteiger partial charge is 0.480 e. The van der Waals surface area contributed by atoms with Crippen LogP contribution in [0.1, 0.15) is 0 Å². The molecule has 1 N–H and O–H groups in total. The van der Waals surface area contributed by atoms with Crippen LogP contribution in [0.3, 0.4) is 0 Å². The van der Waals surface area contributed by atoms with Crippen molar-refractivity contribution in [3.63, 3.8) is 0 Å². The third kappa shape index (κ3) is 3.08. The average molecular weight is 210 g/mol. The molecule has 0 spiro atoms. The van der Waals surface area contributed by atoms with Crippen LogP contribution in [-0.4, -0.2) is 48.7 Å². The molecule has 1 rings (SSSR count). The summed E-state index contributed by atoms with van der Waals surface area (Å²) in [6, 6.07) is 1.74. The van der Waals surface area contributed by atoms with Gasteiger partial charge >= 0.3 is 5.97 Å². The van der Waals surface area contributed by atoms with Crippen molar-refractivity contribution in [1.29, 1.82) is 0 Å². The number of carbonyl (C=O) groups is 1. The Bertz CT molecular complexity index is 354. The normalized spacial score (nSPS) is 9.80. The smallest absolute Gasteiger partial charge is 0.323 e. The number of hydrogen-bond donors (Lipinski definition) is 1. The summed E-state index contributed by atoms with van der Waals surface area (Å²) in [6.45, 7) is -0.0795. The summed E-state index contributed by atoms with van der Waals surface area (Å²) >= 11 is 0. The van der Waals surface area contributed by atoms with Crippen molar-refractivity contribution < 1.29 is 9.90 Å². The summed E-state index contributed by atoms with van der Waals surface area (Å²) in [5.41, 5.74) is 0. The molecule has 0 saturated heterocycles. The fraction of sp³-hybridized carbons (Fsp3) is 0.444. The van der Waals surface area contributed by atoms with Gasteiger partial charge < -0.3 is 14.9 Å².